The highest BCUT2D eigenvalue weighted by molar-refractivity contribution is 6.04. The Kier molecular flexibility index (Phi) is 5.84. The molecule has 2 unspecified atom stereocenters. The first kappa shape index (κ1) is 22.0. The largest absolute Gasteiger partial charge is 0.406 e. The number of benzene rings is 2. The topological polar surface area (TPSA) is 86.1 Å². The summed E-state index contributed by atoms with van der Waals surface area (Å²) in [7, 11) is 0. The van der Waals surface area contributed by atoms with Crippen molar-refractivity contribution in [2.75, 3.05) is 11.9 Å². The number of hydrogen-bond donors (Lipinski definition) is 1. The molecule has 0 saturated heterocycles. The van der Waals surface area contributed by atoms with Crippen molar-refractivity contribution in [3.05, 3.63) is 95.3 Å². The van der Waals surface area contributed by atoms with Gasteiger partial charge in [-0.3, -0.25) is 14.6 Å². The molecule has 1 aliphatic heterocycles. The molecule has 0 spiro atoms. The van der Waals surface area contributed by atoms with Crippen LogP contribution in [-0.4, -0.2) is 34.4 Å². The standard InChI is InChI=1S/C24H17F3N4O2/c25-24(26,27)14-31-21(16-6-4-10-29-13-16)20(18-8-1-2-9-19(18)23(31)33)22(32)30-17-7-3-5-15(11-17)12-28/h1-11,13,20-21H,14H2,(H,30,32). The van der Waals surface area contributed by atoms with Gasteiger partial charge in [0, 0.05) is 23.6 Å². The van der Waals surface area contributed by atoms with E-state index < -0.39 is 36.5 Å². The lowest BCUT2D eigenvalue weighted by molar-refractivity contribution is -0.148. The maximum absolute atomic E-state index is 13.5. The van der Waals surface area contributed by atoms with Crippen LogP contribution < -0.4 is 5.32 Å². The molecule has 2 aromatic carbocycles. The molecule has 9 heteroatoms. The molecular formula is C24H17F3N4O2. The molecule has 0 aliphatic carbocycles. The Hall–Kier alpha value is -4.19. The van der Waals surface area contributed by atoms with Gasteiger partial charge in [-0.2, -0.15) is 18.4 Å². The number of hydrogen-bond acceptors (Lipinski definition) is 4. The fourth-order valence-electron chi connectivity index (χ4n) is 4.05. The number of carbonyl (C=O) groups excluding carboxylic acids is 2. The smallest absolute Gasteiger partial charge is 0.325 e. The number of nitrogens with zero attached hydrogens (tertiary/aromatic N) is 3. The van der Waals surface area contributed by atoms with Gasteiger partial charge < -0.3 is 10.2 Å². The molecule has 4 rings (SSSR count). The second kappa shape index (κ2) is 8.74. The summed E-state index contributed by atoms with van der Waals surface area (Å²) in [6.07, 6.45) is -1.87. The Bertz CT molecular complexity index is 1240. The van der Waals surface area contributed by atoms with Crippen molar-refractivity contribution >= 4 is 17.5 Å². The Labute approximate surface area is 187 Å². The molecule has 1 aliphatic rings. The zero-order valence-corrected chi connectivity index (χ0v) is 17.1. The van der Waals surface area contributed by atoms with Crippen LogP contribution >= 0.6 is 0 Å². The van der Waals surface area contributed by atoms with Crippen molar-refractivity contribution in [1.82, 2.24) is 9.88 Å². The first-order chi connectivity index (χ1) is 15.8. The third kappa shape index (κ3) is 4.55. The third-order valence-electron chi connectivity index (χ3n) is 5.36. The highest BCUT2D eigenvalue weighted by Gasteiger charge is 2.47. The number of carbonyl (C=O) groups is 2. The van der Waals surface area contributed by atoms with Gasteiger partial charge in [0.15, 0.2) is 0 Å². The number of alkyl halides is 3. The summed E-state index contributed by atoms with van der Waals surface area (Å²) in [6, 6.07) is 16.1. The second-order valence-electron chi connectivity index (χ2n) is 7.53. The number of halogens is 3. The summed E-state index contributed by atoms with van der Waals surface area (Å²) < 4.78 is 40.5. The number of nitriles is 1. The maximum atomic E-state index is 13.5. The second-order valence-corrected chi connectivity index (χ2v) is 7.53. The molecule has 0 radical (unpaired) electrons. The van der Waals surface area contributed by atoms with E-state index in [0.29, 0.717) is 27.3 Å². The molecular weight excluding hydrogens is 433 g/mol. The van der Waals surface area contributed by atoms with Crippen molar-refractivity contribution in [1.29, 1.82) is 5.26 Å². The van der Waals surface area contributed by atoms with E-state index in [-0.39, 0.29) is 5.56 Å². The molecule has 2 amide bonds. The summed E-state index contributed by atoms with van der Waals surface area (Å²) in [6.45, 7) is -1.52. The summed E-state index contributed by atoms with van der Waals surface area (Å²) in [5.74, 6) is -2.56. The maximum Gasteiger partial charge on any atom is 0.406 e. The Morgan fingerprint density at radius 3 is 2.61 bits per heavy atom. The molecule has 1 aromatic heterocycles. The van der Waals surface area contributed by atoms with Gasteiger partial charge >= 0.3 is 6.18 Å². The van der Waals surface area contributed by atoms with E-state index in [2.05, 4.69) is 10.3 Å². The van der Waals surface area contributed by atoms with E-state index in [1.165, 1.54) is 36.7 Å². The summed E-state index contributed by atoms with van der Waals surface area (Å²) in [5.41, 5.74) is 1.29. The van der Waals surface area contributed by atoms with Crippen LogP contribution in [-0.2, 0) is 4.79 Å². The van der Waals surface area contributed by atoms with Gasteiger partial charge in [-0.25, -0.2) is 0 Å². The van der Waals surface area contributed by atoms with Gasteiger partial charge in [-0.15, -0.1) is 0 Å². The molecule has 0 bridgehead atoms. The van der Waals surface area contributed by atoms with Crippen LogP contribution in [0.4, 0.5) is 18.9 Å². The predicted octanol–water partition coefficient (Wildman–Crippen LogP) is 4.43. The van der Waals surface area contributed by atoms with Crippen molar-refractivity contribution < 1.29 is 22.8 Å². The van der Waals surface area contributed by atoms with Crippen LogP contribution in [0.2, 0.25) is 0 Å². The SMILES string of the molecule is N#Cc1cccc(NC(=O)C2c3ccccc3C(=O)N(CC(F)(F)F)C2c2cccnc2)c1. The highest BCUT2D eigenvalue weighted by Crippen LogP contribution is 2.44. The molecule has 166 valence electrons. The number of aromatic nitrogens is 1. The number of rotatable bonds is 4. The quantitative estimate of drug-likeness (QED) is 0.637. The van der Waals surface area contributed by atoms with Crippen LogP contribution in [0.3, 0.4) is 0 Å². The Morgan fingerprint density at radius 2 is 1.91 bits per heavy atom. The van der Waals surface area contributed by atoms with Crippen molar-refractivity contribution in [3.8, 4) is 6.07 Å². The van der Waals surface area contributed by atoms with Gasteiger partial charge in [0.2, 0.25) is 5.91 Å². The zero-order valence-electron chi connectivity index (χ0n) is 17.1. The van der Waals surface area contributed by atoms with E-state index in [9.17, 15) is 22.8 Å². The fourth-order valence-corrected chi connectivity index (χ4v) is 4.05. The van der Waals surface area contributed by atoms with Crippen LogP contribution in [0, 0.1) is 11.3 Å². The van der Waals surface area contributed by atoms with E-state index >= 15 is 0 Å². The number of nitrogens with one attached hydrogen (secondary N) is 1. The average molecular weight is 450 g/mol. The molecule has 6 nitrogen and oxygen atoms in total. The van der Waals surface area contributed by atoms with Gasteiger partial charge in [0.05, 0.1) is 23.6 Å². The molecule has 1 N–H and O–H groups in total. The minimum Gasteiger partial charge on any atom is -0.325 e. The van der Waals surface area contributed by atoms with Gasteiger partial charge in [0.25, 0.3) is 5.91 Å². The number of amides is 2. The van der Waals surface area contributed by atoms with Gasteiger partial charge in [0.1, 0.15) is 6.54 Å². The first-order valence-corrected chi connectivity index (χ1v) is 9.96. The minimum absolute atomic E-state index is 0.0350. The zero-order chi connectivity index (χ0) is 23.6. The summed E-state index contributed by atoms with van der Waals surface area (Å²) in [5, 5.41) is 11.8. The van der Waals surface area contributed by atoms with Crippen LogP contribution in [0.1, 0.15) is 39.0 Å². The molecule has 0 fully saturated rings. The monoisotopic (exact) mass is 450 g/mol. The number of fused-ring (bicyclic) bond motifs is 1. The minimum atomic E-state index is -4.68. The molecule has 2 atom stereocenters. The van der Waals surface area contributed by atoms with Crippen molar-refractivity contribution in [2.45, 2.75) is 18.1 Å². The van der Waals surface area contributed by atoms with E-state index in [4.69, 9.17) is 5.26 Å². The first-order valence-electron chi connectivity index (χ1n) is 9.96. The molecule has 3 aromatic rings. The lowest BCUT2D eigenvalue weighted by Gasteiger charge is -2.41. The fraction of sp³-hybridized carbons (Fsp3) is 0.167. The van der Waals surface area contributed by atoms with Crippen molar-refractivity contribution in [3.63, 3.8) is 0 Å². The normalized spacial score (nSPS) is 17.8. The molecule has 33 heavy (non-hydrogen) atoms. The highest BCUT2D eigenvalue weighted by atomic mass is 19.4. The van der Waals surface area contributed by atoms with Crippen molar-refractivity contribution in [2.24, 2.45) is 0 Å². The molecule has 2 heterocycles. The predicted molar refractivity (Wildman–Crippen MR) is 113 cm³/mol. The Balaban J connectivity index is 1.84. The van der Waals surface area contributed by atoms with E-state index in [1.807, 2.05) is 6.07 Å². The van der Waals surface area contributed by atoms with Crippen LogP contribution in [0.15, 0.2) is 73.1 Å². The number of pyridine rings is 1. The lowest BCUT2D eigenvalue weighted by Crippen LogP contribution is -2.49. The average Bonchev–Trinajstić information content (AvgIpc) is 2.80. The lowest BCUT2D eigenvalue weighted by atomic mass is 9.79. The van der Waals surface area contributed by atoms with Crippen LogP contribution in [0.25, 0.3) is 0 Å². The Morgan fingerprint density at radius 1 is 1.12 bits per heavy atom. The summed E-state index contributed by atoms with van der Waals surface area (Å²) in [4.78, 5) is 31.3. The van der Waals surface area contributed by atoms with Gasteiger partial charge in [-0.05, 0) is 41.5 Å². The number of anilines is 1. The van der Waals surface area contributed by atoms with Gasteiger partial charge in [-0.1, -0.05) is 30.3 Å². The summed E-state index contributed by atoms with van der Waals surface area (Å²) >= 11 is 0. The molecule has 0 saturated carbocycles. The van der Waals surface area contributed by atoms with E-state index in [0.717, 1.165) is 0 Å². The van der Waals surface area contributed by atoms with Crippen LogP contribution in [0.5, 0.6) is 0 Å². The third-order valence-corrected chi connectivity index (χ3v) is 5.36. The van der Waals surface area contributed by atoms with E-state index in [1.54, 1.807) is 36.4 Å².